The van der Waals surface area contributed by atoms with E-state index in [1.807, 2.05) is 49.1 Å². The lowest BCUT2D eigenvalue weighted by Crippen LogP contribution is -2.39. The van der Waals surface area contributed by atoms with Gasteiger partial charge in [-0.3, -0.25) is 14.5 Å². The SMILES string of the molecule is CCOc1ccc(NC(=O)CC2C(=O)N(CC)C(=S)N2CCc2ccccc2)cc1. The molecule has 1 unspecified atom stereocenters. The first-order valence-corrected chi connectivity index (χ1v) is 10.6. The number of ether oxygens (including phenoxy) is 1. The van der Waals surface area contributed by atoms with Gasteiger partial charge in [-0.15, -0.1) is 0 Å². The normalized spacial score (nSPS) is 16.1. The van der Waals surface area contributed by atoms with Crippen LogP contribution in [0.25, 0.3) is 0 Å². The molecule has 0 saturated carbocycles. The summed E-state index contributed by atoms with van der Waals surface area (Å²) in [6.45, 7) is 5.48. The van der Waals surface area contributed by atoms with Crippen molar-refractivity contribution < 1.29 is 14.3 Å². The van der Waals surface area contributed by atoms with Crippen molar-refractivity contribution in [3.8, 4) is 5.75 Å². The standard InChI is InChI=1S/C23H27N3O3S/c1-3-25-22(28)20(26(23(25)30)15-14-17-8-6-5-7-9-17)16-21(27)24-18-10-12-19(13-11-18)29-4-2/h5-13,20H,3-4,14-16H2,1-2H3,(H,24,27). The summed E-state index contributed by atoms with van der Waals surface area (Å²) in [7, 11) is 0. The van der Waals surface area contributed by atoms with E-state index in [0.29, 0.717) is 30.5 Å². The number of nitrogens with one attached hydrogen (secondary N) is 1. The average molecular weight is 426 g/mol. The molecule has 1 aliphatic rings. The Bertz CT molecular complexity index is 886. The number of carbonyl (C=O) groups is 2. The molecule has 0 aromatic heterocycles. The highest BCUT2D eigenvalue weighted by Gasteiger charge is 2.42. The van der Waals surface area contributed by atoms with E-state index in [9.17, 15) is 9.59 Å². The van der Waals surface area contributed by atoms with E-state index in [0.717, 1.165) is 12.2 Å². The molecular weight excluding hydrogens is 398 g/mol. The van der Waals surface area contributed by atoms with Gasteiger partial charge in [0.2, 0.25) is 5.91 Å². The number of likely N-dealkylation sites (N-methyl/N-ethyl adjacent to an activating group) is 1. The molecule has 0 radical (unpaired) electrons. The average Bonchev–Trinajstić information content (AvgIpc) is 2.97. The van der Waals surface area contributed by atoms with Crippen LogP contribution in [0.5, 0.6) is 5.75 Å². The summed E-state index contributed by atoms with van der Waals surface area (Å²) in [6.07, 6.45) is 0.806. The van der Waals surface area contributed by atoms with E-state index in [1.54, 1.807) is 29.2 Å². The Morgan fingerprint density at radius 2 is 1.80 bits per heavy atom. The van der Waals surface area contributed by atoms with Gasteiger partial charge in [0.25, 0.3) is 5.91 Å². The molecule has 30 heavy (non-hydrogen) atoms. The molecule has 1 N–H and O–H groups in total. The Labute approximate surface area is 182 Å². The van der Waals surface area contributed by atoms with E-state index in [-0.39, 0.29) is 18.2 Å². The minimum Gasteiger partial charge on any atom is -0.494 e. The van der Waals surface area contributed by atoms with Crippen LogP contribution in [0.3, 0.4) is 0 Å². The predicted octanol–water partition coefficient (Wildman–Crippen LogP) is 3.47. The summed E-state index contributed by atoms with van der Waals surface area (Å²) in [5.41, 5.74) is 1.83. The first kappa shape index (κ1) is 21.8. The maximum absolute atomic E-state index is 12.9. The maximum Gasteiger partial charge on any atom is 0.252 e. The molecule has 158 valence electrons. The number of anilines is 1. The molecule has 1 atom stereocenters. The van der Waals surface area contributed by atoms with E-state index in [2.05, 4.69) is 5.32 Å². The largest absolute Gasteiger partial charge is 0.494 e. The summed E-state index contributed by atoms with van der Waals surface area (Å²) in [5, 5.41) is 3.36. The summed E-state index contributed by atoms with van der Waals surface area (Å²) in [5.74, 6) is 0.415. The lowest BCUT2D eigenvalue weighted by atomic mass is 10.1. The van der Waals surface area contributed by atoms with Gasteiger partial charge < -0.3 is 15.0 Å². The highest BCUT2D eigenvalue weighted by molar-refractivity contribution is 7.80. The summed E-state index contributed by atoms with van der Waals surface area (Å²) < 4.78 is 5.42. The van der Waals surface area contributed by atoms with Crippen LogP contribution in [0.4, 0.5) is 5.69 Å². The lowest BCUT2D eigenvalue weighted by Gasteiger charge is -2.23. The molecule has 0 aliphatic carbocycles. The minimum atomic E-state index is -0.580. The van der Waals surface area contributed by atoms with Crippen molar-refractivity contribution in [1.29, 1.82) is 0 Å². The Balaban J connectivity index is 1.66. The minimum absolute atomic E-state index is 0.0531. The van der Waals surface area contributed by atoms with Crippen LogP contribution in [-0.4, -0.2) is 52.5 Å². The van der Waals surface area contributed by atoms with Crippen molar-refractivity contribution in [2.75, 3.05) is 25.0 Å². The van der Waals surface area contributed by atoms with Crippen LogP contribution in [0.2, 0.25) is 0 Å². The quantitative estimate of drug-likeness (QED) is 0.624. The topological polar surface area (TPSA) is 61.9 Å². The first-order valence-electron chi connectivity index (χ1n) is 10.2. The monoisotopic (exact) mass is 425 g/mol. The molecule has 2 aromatic carbocycles. The van der Waals surface area contributed by atoms with Crippen LogP contribution in [0.1, 0.15) is 25.8 Å². The predicted molar refractivity (Wildman–Crippen MR) is 121 cm³/mol. The Kier molecular flexibility index (Phi) is 7.41. The molecule has 1 heterocycles. The second-order valence-corrected chi connectivity index (χ2v) is 7.38. The molecule has 1 fully saturated rings. The highest BCUT2D eigenvalue weighted by atomic mass is 32.1. The third-order valence-electron chi connectivity index (χ3n) is 5.03. The van der Waals surface area contributed by atoms with Gasteiger partial charge in [0.1, 0.15) is 11.8 Å². The van der Waals surface area contributed by atoms with E-state index in [1.165, 1.54) is 5.56 Å². The number of benzene rings is 2. The second kappa shape index (κ2) is 10.2. The summed E-state index contributed by atoms with van der Waals surface area (Å²) in [4.78, 5) is 29.0. The van der Waals surface area contributed by atoms with Crippen LogP contribution in [0, 0.1) is 0 Å². The van der Waals surface area contributed by atoms with Gasteiger partial charge in [-0.25, -0.2) is 0 Å². The molecule has 1 aliphatic heterocycles. The number of hydrogen-bond acceptors (Lipinski definition) is 4. The number of hydrogen-bond donors (Lipinski definition) is 1. The van der Waals surface area contributed by atoms with Gasteiger partial charge in [0.15, 0.2) is 5.11 Å². The van der Waals surface area contributed by atoms with Crippen molar-refractivity contribution in [3.05, 3.63) is 60.2 Å². The van der Waals surface area contributed by atoms with Crippen molar-refractivity contribution in [2.45, 2.75) is 32.7 Å². The molecule has 0 bridgehead atoms. The number of rotatable bonds is 9. The number of amides is 2. The second-order valence-electron chi connectivity index (χ2n) is 7.02. The van der Waals surface area contributed by atoms with Gasteiger partial charge in [-0.2, -0.15) is 0 Å². The van der Waals surface area contributed by atoms with Gasteiger partial charge in [-0.05, 0) is 62.3 Å². The zero-order chi connectivity index (χ0) is 21.5. The van der Waals surface area contributed by atoms with Crippen LogP contribution >= 0.6 is 12.2 Å². The number of thiocarbonyl (C=S) groups is 1. The zero-order valence-corrected chi connectivity index (χ0v) is 18.2. The fourth-order valence-corrected chi connectivity index (χ4v) is 3.96. The Morgan fingerprint density at radius 3 is 2.43 bits per heavy atom. The lowest BCUT2D eigenvalue weighted by molar-refractivity contribution is -0.130. The van der Waals surface area contributed by atoms with Gasteiger partial charge in [0.05, 0.1) is 13.0 Å². The third kappa shape index (κ3) is 5.16. The first-order chi connectivity index (χ1) is 14.5. The highest BCUT2D eigenvalue weighted by Crippen LogP contribution is 2.22. The van der Waals surface area contributed by atoms with E-state index < -0.39 is 6.04 Å². The van der Waals surface area contributed by atoms with Gasteiger partial charge in [-0.1, -0.05) is 30.3 Å². The maximum atomic E-state index is 12.9. The van der Waals surface area contributed by atoms with Crippen molar-refractivity contribution in [2.24, 2.45) is 0 Å². The van der Waals surface area contributed by atoms with E-state index >= 15 is 0 Å². The molecule has 3 rings (SSSR count). The third-order valence-corrected chi connectivity index (χ3v) is 5.49. The van der Waals surface area contributed by atoms with Crippen molar-refractivity contribution >= 4 is 34.8 Å². The molecule has 2 amide bonds. The molecular formula is C23H27N3O3S. The smallest absolute Gasteiger partial charge is 0.252 e. The van der Waals surface area contributed by atoms with Crippen molar-refractivity contribution in [3.63, 3.8) is 0 Å². The molecule has 0 spiro atoms. The number of nitrogens with zero attached hydrogens (tertiary/aromatic N) is 2. The molecule has 7 heteroatoms. The summed E-state index contributed by atoms with van der Waals surface area (Å²) in [6, 6.07) is 16.7. The molecule has 1 saturated heterocycles. The molecule has 2 aromatic rings. The summed E-state index contributed by atoms with van der Waals surface area (Å²) >= 11 is 5.54. The van der Waals surface area contributed by atoms with Crippen LogP contribution < -0.4 is 10.1 Å². The fraction of sp³-hybridized carbons (Fsp3) is 0.348. The van der Waals surface area contributed by atoms with Gasteiger partial charge in [0, 0.05) is 18.8 Å². The zero-order valence-electron chi connectivity index (χ0n) is 17.3. The van der Waals surface area contributed by atoms with Crippen molar-refractivity contribution in [1.82, 2.24) is 9.80 Å². The molecule has 6 nitrogen and oxygen atoms in total. The Morgan fingerprint density at radius 1 is 1.10 bits per heavy atom. The Hall–Kier alpha value is -2.93. The fourth-order valence-electron chi connectivity index (χ4n) is 3.52. The van der Waals surface area contributed by atoms with Crippen LogP contribution in [-0.2, 0) is 16.0 Å². The van der Waals surface area contributed by atoms with Gasteiger partial charge >= 0.3 is 0 Å². The number of carbonyl (C=O) groups excluding carboxylic acids is 2. The van der Waals surface area contributed by atoms with E-state index in [4.69, 9.17) is 17.0 Å². The van der Waals surface area contributed by atoms with Crippen LogP contribution in [0.15, 0.2) is 54.6 Å².